The first-order chi connectivity index (χ1) is 22.1. The normalized spacial score (nSPS) is 23.5. The highest BCUT2D eigenvalue weighted by molar-refractivity contribution is 6.83. The third kappa shape index (κ3) is 4.19. The number of carbonyl (C=O) groups excluding carboxylic acids is 2. The Balaban J connectivity index is 2.02. The van der Waals surface area contributed by atoms with Crippen molar-refractivity contribution in [3.63, 3.8) is 0 Å². The molecule has 2 aliphatic carbocycles. The predicted molar refractivity (Wildman–Crippen MR) is 183 cm³/mol. The van der Waals surface area contributed by atoms with E-state index >= 15 is 0 Å². The standard InChI is InChI=1S/C40H36O5Si/c1-44-36(41)34-35(37(42)45-2)40(31-24-16-9-17-25-31)33(29-20-12-7-13-21-29)32(28-18-10-6-11-19-28)39(34,30-22-14-8-15-23-30)38(40,43)26-27-46(3,4)5/h6-25,43H,1-5H3/t38?,39-,40+. The van der Waals surface area contributed by atoms with Gasteiger partial charge in [-0.3, -0.25) is 0 Å². The molecule has 4 aromatic rings. The maximum atomic E-state index is 14.4. The molecule has 4 aromatic carbocycles. The molecule has 2 aliphatic rings. The smallest absolute Gasteiger partial charge is 0.335 e. The van der Waals surface area contributed by atoms with E-state index in [0.29, 0.717) is 22.3 Å². The number of carbonyl (C=O) groups is 2. The molecular weight excluding hydrogens is 589 g/mol. The molecule has 2 bridgehead atoms. The highest BCUT2D eigenvalue weighted by atomic mass is 28.3. The molecule has 0 radical (unpaired) electrons. The van der Waals surface area contributed by atoms with E-state index in [0.717, 1.165) is 11.1 Å². The molecular formula is C40H36O5Si. The van der Waals surface area contributed by atoms with Gasteiger partial charge >= 0.3 is 11.9 Å². The molecule has 6 heteroatoms. The van der Waals surface area contributed by atoms with Gasteiger partial charge in [0.2, 0.25) is 0 Å². The van der Waals surface area contributed by atoms with Gasteiger partial charge in [-0.05, 0) is 33.4 Å². The second kappa shape index (κ2) is 11.4. The molecule has 0 amide bonds. The Labute approximate surface area is 271 Å². The van der Waals surface area contributed by atoms with E-state index in [1.807, 2.05) is 121 Å². The van der Waals surface area contributed by atoms with Crippen LogP contribution in [0.1, 0.15) is 22.3 Å². The fourth-order valence-electron chi connectivity index (χ4n) is 7.49. The van der Waals surface area contributed by atoms with Crippen molar-refractivity contribution in [3.8, 4) is 11.5 Å². The zero-order chi connectivity index (χ0) is 32.7. The summed E-state index contributed by atoms with van der Waals surface area (Å²) in [4.78, 5) is 28.9. The van der Waals surface area contributed by atoms with Crippen LogP contribution in [-0.2, 0) is 29.9 Å². The minimum Gasteiger partial charge on any atom is -0.466 e. The third-order valence-electron chi connectivity index (χ3n) is 9.02. The van der Waals surface area contributed by atoms with E-state index in [9.17, 15) is 14.7 Å². The Hall–Kier alpha value is -4.96. The fourth-order valence-corrected chi connectivity index (χ4v) is 8.04. The average Bonchev–Trinajstić information content (AvgIpc) is 3.43. The third-order valence-corrected chi connectivity index (χ3v) is 9.90. The molecule has 0 saturated carbocycles. The Bertz CT molecular complexity index is 1810. The van der Waals surface area contributed by atoms with Crippen molar-refractivity contribution in [2.24, 2.45) is 0 Å². The van der Waals surface area contributed by atoms with E-state index in [1.165, 1.54) is 14.2 Å². The first kappa shape index (κ1) is 31.0. The van der Waals surface area contributed by atoms with Gasteiger partial charge in [0.1, 0.15) is 8.07 Å². The first-order valence-electron chi connectivity index (χ1n) is 15.2. The van der Waals surface area contributed by atoms with Crippen LogP contribution in [0.3, 0.4) is 0 Å². The molecule has 1 N–H and O–H groups in total. The molecule has 1 unspecified atom stereocenters. The number of fused-ring (bicyclic) bond motifs is 2. The lowest BCUT2D eigenvalue weighted by molar-refractivity contribution is -0.139. The van der Waals surface area contributed by atoms with Crippen LogP contribution in [0, 0.1) is 11.5 Å². The van der Waals surface area contributed by atoms with Gasteiger partial charge in [0.25, 0.3) is 0 Å². The van der Waals surface area contributed by atoms with Crippen molar-refractivity contribution in [3.05, 3.63) is 155 Å². The molecule has 0 aliphatic heterocycles. The number of methoxy groups -OCH3 is 2. The summed E-state index contributed by atoms with van der Waals surface area (Å²) in [7, 11) is 0.406. The largest absolute Gasteiger partial charge is 0.466 e. The summed E-state index contributed by atoms with van der Waals surface area (Å²) in [5.74, 6) is 1.94. The second-order valence-corrected chi connectivity index (χ2v) is 17.4. The number of hydrogen-bond acceptors (Lipinski definition) is 5. The van der Waals surface area contributed by atoms with E-state index in [-0.39, 0.29) is 11.1 Å². The van der Waals surface area contributed by atoms with Crippen molar-refractivity contribution < 1.29 is 24.2 Å². The summed E-state index contributed by atoms with van der Waals surface area (Å²) in [5.41, 5.74) is 2.17. The minimum atomic E-state index is -2.18. The number of rotatable bonds is 6. The zero-order valence-corrected chi connectivity index (χ0v) is 27.6. The number of ether oxygens (including phenoxy) is 2. The van der Waals surface area contributed by atoms with Gasteiger partial charge in [-0.15, -0.1) is 5.54 Å². The van der Waals surface area contributed by atoms with Crippen LogP contribution in [0.25, 0.3) is 11.1 Å². The number of aliphatic hydroxyl groups is 1. The summed E-state index contributed by atoms with van der Waals surface area (Å²) in [6, 6.07) is 38.3. The average molecular weight is 625 g/mol. The number of hydrogen-bond donors (Lipinski definition) is 1. The minimum absolute atomic E-state index is 0.0165. The van der Waals surface area contributed by atoms with Crippen LogP contribution >= 0.6 is 0 Å². The van der Waals surface area contributed by atoms with Crippen LogP contribution < -0.4 is 0 Å². The zero-order valence-electron chi connectivity index (χ0n) is 26.6. The summed E-state index contributed by atoms with van der Waals surface area (Å²) in [6.45, 7) is 6.30. The lowest BCUT2D eigenvalue weighted by Crippen LogP contribution is -2.57. The molecule has 3 atom stereocenters. The highest BCUT2D eigenvalue weighted by Crippen LogP contribution is 2.76. The van der Waals surface area contributed by atoms with Crippen molar-refractivity contribution in [2.45, 2.75) is 36.1 Å². The van der Waals surface area contributed by atoms with Crippen LogP contribution in [0.5, 0.6) is 0 Å². The SMILES string of the molecule is COC(=O)C1=C(C(=O)OC)[C@]2(c3ccccc3)C(c3ccccc3)=C(c3ccccc3)[C@@]1(c1ccccc1)C2(O)C#C[Si](C)(C)C. The lowest BCUT2D eigenvalue weighted by Gasteiger charge is -2.44. The summed E-state index contributed by atoms with van der Waals surface area (Å²) < 4.78 is 11.1. The van der Waals surface area contributed by atoms with Gasteiger partial charge in [-0.25, -0.2) is 9.59 Å². The highest BCUT2D eigenvalue weighted by Gasteiger charge is 2.82. The quantitative estimate of drug-likeness (QED) is 0.146. The Morgan fingerprint density at radius 1 is 0.587 bits per heavy atom. The maximum Gasteiger partial charge on any atom is 0.335 e. The van der Waals surface area contributed by atoms with Gasteiger partial charge in [0, 0.05) is 0 Å². The second-order valence-electron chi connectivity index (χ2n) is 12.7. The van der Waals surface area contributed by atoms with Crippen molar-refractivity contribution in [1.82, 2.24) is 0 Å². The fraction of sp³-hybridized carbons (Fsp3) is 0.200. The number of esters is 2. The molecule has 46 heavy (non-hydrogen) atoms. The molecule has 0 aromatic heterocycles. The van der Waals surface area contributed by atoms with Gasteiger partial charge in [0.05, 0.1) is 36.2 Å². The van der Waals surface area contributed by atoms with Crippen molar-refractivity contribution >= 4 is 31.2 Å². The molecule has 230 valence electrons. The number of benzene rings is 4. The predicted octanol–water partition coefficient (Wildman–Crippen LogP) is 6.76. The van der Waals surface area contributed by atoms with Crippen LogP contribution in [-0.4, -0.2) is 44.9 Å². The van der Waals surface area contributed by atoms with Crippen LogP contribution in [0.15, 0.2) is 132 Å². The monoisotopic (exact) mass is 624 g/mol. The Morgan fingerprint density at radius 3 is 1.22 bits per heavy atom. The van der Waals surface area contributed by atoms with E-state index in [1.54, 1.807) is 0 Å². The molecule has 0 heterocycles. The van der Waals surface area contributed by atoms with Gasteiger partial charge < -0.3 is 14.6 Å². The first-order valence-corrected chi connectivity index (χ1v) is 18.7. The molecule has 5 nitrogen and oxygen atoms in total. The summed E-state index contributed by atoms with van der Waals surface area (Å²) in [5, 5.41) is 14.1. The lowest BCUT2D eigenvalue weighted by atomic mass is 9.59. The van der Waals surface area contributed by atoms with Crippen LogP contribution in [0.2, 0.25) is 19.6 Å². The van der Waals surface area contributed by atoms with Crippen molar-refractivity contribution in [2.75, 3.05) is 14.2 Å². The summed E-state index contributed by atoms with van der Waals surface area (Å²) >= 11 is 0. The Morgan fingerprint density at radius 2 is 0.913 bits per heavy atom. The molecule has 0 spiro atoms. The molecule has 0 saturated heterocycles. The maximum absolute atomic E-state index is 14.4. The molecule has 0 fully saturated rings. The van der Waals surface area contributed by atoms with Gasteiger partial charge in [-0.1, -0.05) is 147 Å². The van der Waals surface area contributed by atoms with Gasteiger partial charge in [0.15, 0.2) is 5.60 Å². The summed E-state index contributed by atoms with van der Waals surface area (Å²) in [6.07, 6.45) is 0. The van der Waals surface area contributed by atoms with Crippen molar-refractivity contribution in [1.29, 1.82) is 0 Å². The van der Waals surface area contributed by atoms with Crippen LogP contribution in [0.4, 0.5) is 0 Å². The molecule has 6 rings (SSSR count). The van der Waals surface area contributed by atoms with Gasteiger partial charge in [-0.2, -0.15) is 0 Å². The Kier molecular flexibility index (Phi) is 7.72. The van der Waals surface area contributed by atoms with E-state index in [2.05, 4.69) is 31.1 Å². The topological polar surface area (TPSA) is 72.8 Å². The van der Waals surface area contributed by atoms with E-state index < -0.39 is 36.4 Å². The van der Waals surface area contributed by atoms with E-state index in [4.69, 9.17) is 9.47 Å².